The fourth-order valence-electron chi connectivity index (χ4n) is 11.7. The molecule has 2 aliphatic carbocycles. The topological polar surface area (TPSA) is 9.23 Å². The minimum absolute atomic E-state index is 0.0465. The van der Waals surface area contributed by atoms with E-state index in [2.05, 4.69) is 226 Å². The minimum Gasteiger partial charge on any atom is -0.455 e. The second-order valence-electron chi connectivity index (χ2n) is 17.9. The van der Waals surface area contributed by atoms with Gasteiger partial charge in [-0.3, -0.25) is 0 Å². The first-order valence-corrected chi connectivity index (χ1v) is 21.9. The van der Waals surface area contributed by atoms with Crippen molar-refractivity contribution in [2.75, 3.05) is 0 Å². The predicted molar refractivity (Wildman–Crippen MR) is 256 cm³/mol. The highest BCUT2D eigenvalue weighted by Crippen LogP contribution is 2.64. The average Bonchev–Trinajstić information content (AvgIpc) is 3.75. The molecule has 0 aromatic heterocycles. The Balaban J connectivity index is 1.12. The predicted octanol–water partition coefficient (Wildman–Crippen LogP) is 15.6. The van der Waals surface area contributed by atoms with Crippen molar-refractivity contribution < 1.29 is 4.74 Å². The zero-order valence-electron chi connectivity index (χ0n) is 34.7. The van der Waals surface area contributed by atoms with Crippen LogP contribution in [-0.2, 0) is 10.8 Å². The Labute approximate surface area is 362 Å². The summed E-state index contributed by atoms with van der Waals surface area (Å²) in [5.74, 6) is 1.83. The molecule has 0 saturated carbocycles. The van der Waals surface area contributed by atoms with E-state index in [1.807, 2.05) is 0 Å². The van der Waals surface area contributed by atoms with Gasteiger partial charge in [-0.05, 0) is 83.1 Å². The third-order valence-corrected chi connectivity index (χ3v) is 14.5. The summed E-state index contributed by atoms with van der Waals surface area (Å²) in [6.07, 6.45) is 0. The van der Waals surface area contributed by atoms with Crippen LogP contribution in [-0.4, -0.2) is 0 Å². The van der Waals surface area contributed by atoms with Gasteiger partial charge < -0.3 is 4.74 Å². The number of fused-ring (bicyclic) bond motifs is 16. The summed E-state index contributed by atoms with van der Waals surface area (Å²) < 4.78 is 7.29. The lowest BCUT2D eigenvalue weighted by atomic mass is 9.65. The van der Waals surface area contributed by atoms with Crippen LogP contribution < -0.4 is 4.74 Å². The van der Waals surface area contributed by atoms with Crippen LogP contribution in [0.25, 0.3) is 54.9 Å². The summed E-state index contributed by atoms with van der Waals surface area (Å²) in [5.41, 5.74) is 18.6. The van der Waals surface area contributed by atoms with Crippen molar-refractivity contribution in [3.8, 4) is 44.9 Å². The molecule has 1 spiro atoms. The average molecular weight is 791 g/mol. The maximum Gasteiger partial charge on any atom is 0.140 e. The highest BCUT2D eigenvalue weighted by Gasteiger charge is 2.52. The Morgan fingerprint density at radius 1 is 0.371 bits per heavy atom. The van der Waals surface area contributed by atoms with Crippen LogP contribution in [0, 0.1) is 0 Å². The maximum atomic E-state index is 7.29. The van der Waals surface area contributed by atoms with Gasteiger partial charge in [0, 0.05) is 33.2 Å². The number of rotatable bonds is 4. The summed E-state index contributed by atoms with van der Waals surface area (Å²) in [6.45, 7) is 4.77. The second kappa shape index (κ2) is 13.0. The lowest BCUT2D eigenvalue weighted by Crippen LogP contribution is -2.32. The fourth-order valence-corrected chi connectivity index (χ4v) is 11.7. The van der Waals surface area contributed by atoms with E-state index in [0.29, 0.717) is 0 Å². The van der Waals surface area contributed by atoms with Crippen LogP contribution in [0.2, 0.25) is 0 Å². The van der Waals surface area contributed by atoms with Gasteiger partial charge in [0.25, 0.3) is 0 Å². The highest BCUT2D eigenvalue weighted by molar-refractivity contribution is 6.00. The van der Waals surface area contributed by atoms with E-state index < -0.39 is 5.41 Å². The van der Waals surface area contributed by atoms with Gasteiger partial charge in [0.2, 0.25) is 0 Å². The first kappa shape index (κ1) is 35.3. The van der Waals surface area contributed by atoms with E-state index in [-0.39, 0.29) is 11.3 Å². The Bertz CT molecular complexity index is 3380. The normalized spacial score (nSPS) is 14.9. The summed E-state index contributed by atoms with van der Waals surface area (Å²) in [7, 11) is 0. The minimum atomic E-state index is -0.631. The quantitative estimate of drug-likeness (QED) is 0.161. The molecule has 62 heavy (non-hydrogen) atoms. The van der Waals surface area contributed by atoms with Gasteiger partial charge in [0.1, 0.15) is 11.5 Å². The molecule has 1 heterocycles. The highest BCUT2D eigenvalue weighted by atomic mass is 16.5. The number of hydrogen-bond donors (Lipinski definition) is 0. The molecule has 1 atom stereocenters. The van der Waals surface area contributed by atoms with Gasteiger partial charge in [-0.15, -0.1) is 0 Å². The van der Waals surface area contributed by atoms with E-state index in [1.165, 1.54) is 94.2 Å². The molecule has 0 radical (unpaired) electrons. The van der Waals surface area contributed by atoms with Crippen LogP contribution in [0.5, 0.6) is 11.5 Å². The Hall–Kier alpha value is -7.48. The Kier molecular flexibility index (Phi) is 7.41. The Morgan fingerprint density at radius 2 is 0.919 bits per heavy atom. The molecule has 292 valence electrons. The second-order valence-corrected chi connectivity index (χ2v) is 17.9. The number of benzene rings is 10. The molecule has 0 bridgehead atoms. The largest absolute Gasteiger partial charge is 0.455 e. The van der Waals surface area contributed by atoms with E-state index in [4.69, 9.17) is 4.74 Å². The van der Waals surface area contributed by atoms with Crippen molar-refractivity contribution >= 4 is 21.5 Å². The molecule has 1 nitrogen and oxygen atoms in total. The zero-order chi connectivity index (χ0) is 41.2. The van der Waals surface area contributed by atoms with Gasteiger partial charge >= 0.3 is 0 Å². The van der Waals surface area contributed by atoms with Crippen molar-refractivity contribution in [1.29, 1.82) is 0 Å². The molecule has 0 saturated heterocycles. The molecule has 10 aromatic rings. The van der Waals surface area contributed by atoms with Gasteiger partial charge in [-0.25, -0.2) is 0 Å². The summed E-state index contributed by atoms with van der Waals surface area (Å²) in [6, 6.07) is 79.3. The van der Waals surface area contributed by atoms with E-state index >= 15 is 0 Å². The molecule has 1 unspecified atom stereocenters. The molecular weight excluding hydrogens is 749 g/mol. The van der Waals surface area contributed by atoms with Crippen molar-refractivity contribution in [2.45, 2.75) is 30.6 Å². The summed E-state index contributed by atoms with van der Waals surface area (Å²) >= 11 is 0. The first-order valence-electron chi connectivity index (χ1n) is 21.9. The summed E-state index contributed by atoms with van der Waals surface area (Å²) in [5, 5.41) is 4.60. The molecule has 0 fully saturated rings. The fraction of sp³-hybridized carbons (Fsp3) is 0.0820. The van der Waals surface area contributed by atoms with Crippen LogP contribution in [0.3, 0.4) is 0 Å². The smallest absolute Gasteiger partial charge is 0.140 e. The van der Waals surface area contributed by atoms with Crippen LogP contribution in [0.4, 0.5) is 0 Å². The van der Waals surface area contributed by atoms with Crippen LogP contribution in [0.15, 0.2) is 212 Å². The lowest BCUT2D eigenvalue weighted by Gasteiger charge is -2.40. The molecule has 13 rings (SSSR count). The van der Waals surface area contributed by atoms with E-state index in [9.17, 15) is 0 Å². The first-order chi connectivity index (χ1) is 30.5. The van der Waals surface area contributed by atoms with Crippen LogP contribution in [0.1, 0.15) is 69.8 Å². The lowest BCUT2D eigenvalue weighted by molar-refractivity contribution is 0.447. The Morgan fingerprint density at radius 3 is 1.63 bits per heavy atom. The molecular formula is C61H42O. The maximum absolute atomic E-state index is 7.29. The standard InChI is InChI=1S/C61H42O/c1-60(2)50-24-12-11-22-48(50)57-49(23-14-26-52(57)60)56(42-29-27-39(28-30-42)38-15-4-3-5-16-38)43-31-34-47-46-21-10-13-25-51(46)61(55(47)37-43)53-35-32-40-17-6-8-19-44(40)58(53)62-59-45-20-9-7-18-41(45)33-36-54(59)61/h3-37,56H,1-2H3. The van der Waals surface area contributed by atoms with Crippen molar-refractivity contribution in [1.82, 2.24) is 0 Å². The molecule has 3 aliphatic rings. The van der Waals surface area contributed by atoms with Gasteiger partial charge in [0.05, 0.1) is 5.41 Å². The number of ether oxygens (including phenoxy) is 1. The number of hydrogen-bond acceptors (Lipinski definition) is 1. The van der Waals surface area contributed by atoms with Crippen molar-refractivity contribution in [2.24, 2.45) is 0 Å². The molecule has 10 aromatic carbocycles. The van der Waals surface area contributed by atoms with Crippen molar-refractivity contribution in [3.05, 3.63) is 262 Å². The van der Waals surface area contributed by atoms with Crippen LogP contribution >= 0.6 is 0 Å². The molecule has 0 N–H and O–H groups in total. The third-order valence-electron chi connectivity index (χ3n) is 14.5. The SMILES string of the molecule is CC1(C)c2ccccc2-c2c(C(c3ccc(-c4ccccc4)cc3)c3ccc4c(c3)C3(c5ccccc5-4)c4ccc5ccccc5c4Oc4c3ccc3ccccc43)cccc21. The van der Waals surface area contributed by atoms with E-state index in [0.717, 1.165) is 22.3 Å². The summed E-state index contributed by atoms with van der Waals surface area (Å²) in [4.78, 5) is 0. The van der Waals surface area contributed by atoms with Crippen molar-refractivity contribution in [3.63, 3.8) is 0 Å². The van der Waals surface area contributed by atoms with Gasteiger partial charge in [0.15, 0.2) is 0 Å². The van der Waals surface area contributed by atoms with E-state index in [1.54, 1.807) is 0 Å². The third kappa shape index (κ3) is 4.74. The molecule has 0 amide bonds. The van der Waals surface area contributed by atoms with Gasteiger partial charge in [-0.2, -0.15) is 0 Å². The molecule has 1 aliphatic heterocycles. The molecule has 1 heteroatoms. The monoisotopic (exact) mass is 790 g/mol. The zero-order valence-corrected chi connectivity index (χ0v) is 34.7. The van der Waals surface area contributed by atoms with Gasteiger partial charge in [-0.1, -0.05) is 226 Å².